The molecular formula is C38H56N4. The highest BCUT2D eigenvalue weighted by molar-refractivity contribution is 5.92. The molecule has 0 bridgehead atoms. The average Bonchev–Trinajstić information content (AvgIpc) is 3.29. The highest BCUT2D eigenvalue weighted by Gasteiger charge is 2.22. The molecule has 0 aliphatic heterocycles. The van der Waals surface area contributed by atoms with E-state index in [-0.39, 0.29) is 5.41 Å². The summed E-state index contributed by atoms with van der Waals surface area (Å²) in [4.78, 5) is 0. The molecule has 4 nitrogen and oxygen atoms in total. The number of nitrogen functional groups attached to an aromatic ring is 1. The Labute approximate surface area is 256 Å². The molecule has 5 N–H and O–H groups in total. The summed E-state index contributed by atoms with van der Waals surface area (Å²) in [6, 6.07) is 14.9. The molecule has 0 aliphatic carbocycles. The van der Waals surface area contributed by atoms with Gasteiger partial charge in [0.25, 0.3) is 0 Å². The van der Waals surface area contributed by atoms with Crippen molar-refractivity contribution in [2.45, 2.75) is 67.7 Å². The fourth-order valence-corrected chi connectivity index (χ4v) is 4.35. The van der Waals surface area contributed by atoms with Gasteiger partial charge >= 0.3 is 0 Å². The summed E-state index contributed by atoms with van der Waals surface area (Å²) in [5, 5.41) is 4.42. The number of nitrogens with zero attached hydrogens (tertiary/aromatic N) is 1. The molecule has 4 heteroatoms. The molecule has 0 fully saturated rings. The molecule has 1 atom stereocenters. The second-order valence-corrected chi connectivity index (χ2v) is 9.32. The van der Waals surface area contributed by atoms with Crippen LogP contribution in [0.25, 0.3) is 22.7 Å². The minimum atomic E-state index is -0.276. The summed E-state index contributed by atoms with van der Waals surface area (Å²) in [7, 11) is 1.96. The van der Waals surface area contributed by atoms with Crippen LogP contribution in [0, 0.1) is 6.92 Å². The largest absolute Gasteiger partial charge is 0.399 e. The van der Waals surface area contributed by atoms with Gasteiger partial charge in [0.15, 0.2) is 0 Å². The van der Waals surface area contributed by atoms with Crippen molar-refractivity contribution in [3.63, 3.8) is 0 Å². The van der Waals surface area contributed by atoms with E-state index in [1.807, 2.05) is 79.0 Å². The maximum Gasteiger partial charge on any atom is 0.0539 e. The number of nitrogens with two attached hydrogens (primary N) is 2. The zero-order valence-corrected chi connectivity index (χ0v) is 27.8. The van der Waals surface area contributed by atoms with Crippen molar-refractivity contribution in [3.8, 4) is 5.69 Å². The van der Waals surface area contributed by atoms with E-state index in [2.05, 4.69) is 104 Å². The molecule has 1 aromatic heterocycles. The monoisotopic (exact) mass is 568 g/mol. The predicted octanol–water partition coefficient (Wildman–Crippen LogP) is 9.81. The van der Waals surface area contributed by atoms with Crippen molar-refractivity contribution < 1.29 is 0 Å². The van der Waals surface area contributed by atoms with E-state index in [0.29, 0.717) is 6.54 Å². The molecule has 42 heavy (non-hydrogen) atoms. The van der Waals surface area contributed by atoms with E-state index in [1.54, 1.807) is 6.08 Å². The zero-order chi connectivity index (χ0) is 32.1. The number of hydrogen-bond donors (Lipinski definition) is 3. The Morgan fingerprint density at radius 1 is 1.00 bits per heavy atom. The van der Waals surface area contributed by atoms with Crippen LogP contribution in [0.15, 0.2) is 109 Å². The first-order valence-electron chi connectivity index (χ1n) is 15.1. The first-order chi connectivity index (χ1) is 20.3. The summed E-state index contributed by atoms with van der Waals surface area (Å²) in [6.07, 6.45) is 20.5. The van der Waals surface area contributed by atoms with Gasteiger partial charge < -0.3 is 21.4 Å². The molecule has 1 heterocycles. The number of aryl methyl sites for hydroxylation is 1. The van der Waals surface area contributed by atoms with Crippen LogP contribution in [0.4, 0.5) is 5.69 Å². The Balaban J connectivity index is 0.00000166. The van der Waals surface area contributed by atoms with E-state index in [4.69, 9.17) is 11.5 Å². The van der Waals surface area contributed by atoms with Crippen molar-refractivity contribution in [2.24, 2.45) is 5.73 Å². The standard InChI is InChI=1S/C30H35N3.C4H9N.2C2H6/c1-7-9-11-18-30(5,21-22(3)32-6)24-13-12-14-26(19-24)33-28(15-10-8-2)23(4)27-20-25(31)16-17-29(27)33;1-2-3-4-5;2*1-2/h7-21,32H,2,31H2,1,3-6H3;2-3H,4-5H2,1H3;2*1-2H3/b9-7-,15-10-,18-11+,22-21-;3-2-;;. The summed E-state index contributed by atoms with van der Waals surface area (Å²) >= 11 is 0. The minimum absolute atomic E-state index is 0.276. The van der Waals surface area contributed by atoms with Gasteiger partial charge in [-0.15, -0.1) is 0 Å². The Morgan fingerprint density at radius 3 is 2.24 bits per heavy atom. The van der Waals surface area contributed by atoms with Crippen LogP contribution >= 0.6 is 0 Å². The molecule has 3 aromatic rings. The Bertz CT molecular complexity index is 1370. The van der Waals surface area contributed by atoms with E-state index in [0.717, 1.165) is 33.7 Å². The van der Waals surface area contributed by atoms with Gasteiger partial charge in [0.05, 0.1) is 5.52 Å². The van der Waals surface area contributed by atoms with Gasteiger partial charge in [-0.05, 0) is 82.2 Å². The second kappa shape index (κ2) is 20.8. The fraction of sp³-hybridized carbons (Fsp3) is 0.316. The number of aromatic nitrogens is 1. The molecule has 2 aromatic carbocycles. The molecule has 0 amide bonds. The smallest absolute Gasteiger partial charge is 0.0539 e. The topological polar surface area (TPSA) is 69.0 Å². The number of allylic oxidation sites excluding steroid dienone is 9. The van der Waals surface area contributed by atoms with Crippen molar-refractivity contribution in [2.75, 3.05) is 19.3 Å². The maximum atomic E-state index is 6.12. The lowest BCUT2D eigenvalue weighted by Gasteiger charge is -2.25. The van der Waals surface area contributed by atoms with Gasteiger partial charge in [0.2, 0.25) is 0 Å². The molecule has 0 saturated heterocycles. The maximum absolute atomic E-state index is 6.12. The minimum Gasteiger partial charge on any atom is -0.399 e. The van der Waals surface area contributed by atoms with Gasteiger partial charge in [-0.3, -0.25) is 0 Å². The van der Waals surface area contributed by atoms with Gasteiger partial charge in [-0.1, -0.05) is 101 Å². The van der Waals surface area contributed by atoms with Crippen LogP contribution in [0.5, 0.6) is 0 Å². The summed E-state index contributed by atoms with van der Waals surface area (Å²) < 4.78 is 2.30. The van der Waals surface area contributed by atoms with Gasteiger partial charge in [0, 0.05) is 47.2 Å². The first kappa shape index (κ1) is 38.0. The zero-order valence-electron chi connectivity index (χ0n) is 27.8. The number of rotatable bonds is 9. The Kier molecular flexibility index (Phi) is 18.8. The van der Waals surface area contributed by atoms with Gasteiger partial charge in [0.1, 0.15) is 0 Å². The highest BCUT2D eigenvalue weighted by Crippen LogP contribution is 2.34. The van der Waals surface area contributed by atoms with Gasteiger partial charge in [-0.2, -0.15) is 0 Å². The van der Waals surface area contributed by atoms with E-state index < -0.39 is 0 Å². The Hall–Kier alpha value is -4.02. The SMILES string of the molecule is C/C=C\CN.C=C/C=C\c1c(C)c2cc(N)ccc2n1-c1cccc(C(C)(/C=C(/C)NC)/C=C/C=C\C)c1.CC.CC. The van der Waals surface area contributed by atoms with Crippen LogP contribution in [0.3, 0.4) is 0 Å². The van der Waals surface area contributed by atoms with Crippen molar-refractivity contribution >= 4 is 22.7 Å². The Morgan fingerprint density at radius 2 is 1.69 bits per heavy atom. The number of nitrogens with one attached hydrogen (secondary N) is 1. The molecule has 3 rings (SSSR count). The number of hydrogen-bond acceptors (Lipinski definition) is 3. The predicted molar refractivity (Wildman–Crippen MR) is 192 cm³/mol. The van der Waals surface area contributed by atoms with Crippen LogP contribution in [0.2, 0.25) is 0 Å². The second-order valence-electron chi connectivity index (χ2n) is 9.32. The third-order valence-corrected chi connectivity index (χ3v) is 6.44. The van der Waals surface area contributed by atoms with Crippen molar-refractivity contribution in [3.05, 3.63) is 126 Å². The normalized spacial score (nSPS) is 12.9. The fourth-order valence-electron chi connectivity index (χ4n) is 4.35. The first-order valence-corrected chi connectivity index (χ1v) is 15.1. The van der Waals surface area contributed by atoms with E-state index in [9.17, 15) is 0 Å². The van der Waals surface area contributed by atoms with Gasteiger partial charge in [-0.25, -0.2) is 0 Å². The van der Waals surface area contributed by atoms with Crippen LogP contribution in [0.1, 0.15) is 72.2 Å². The molecular weight excluding hydrogens is 512 g/mol. The number of benzene rings is 2. The molecule has 228 valence electrons. The summed E-state index contributed by atoms with van der Waals surface area (Å²) in [6.45, 7) is 23.0. The molecule has 0 spiro atoms. The molecule has 0 aliphatic rings. The lowest BCUT2D eigenvalue weighted by Crippen LogP contribution is -2.19. The van der Waals surface area contributed by atoms with Crippen LogP contribution in [-0.4, -0.2) is 18.2 Å². The summed E-state index contributed by atoms with van der Waals surface area (Å²) in [5.74, 6) is 0. The third-order valence-electron chi connectivity index (χ3n) is 6.44. The third kappa shape index (κ3) is 10.8. The van der Waals surface area contributed by atoms with Crippen molar-refractivity contribution in [1.82, 2.24) is 9.88 Å². The molecule has 1 unspecified atom stereocenters. The molecule has 0 saturated carbocycles. The lowest BCUT2D eigenvalue weighted by molar-refractivity contribution is 0.737. The average molecular weight is 569 g/mol. The number of anilines is 1. The number of fused-ring (bicyclic) bond motifs is 1. The molecule has 0 radical (unpaired) electrons. The highest BCUT2D eigenvalue weighted by atomic mass is 15.0. The lowest BCUT2D eigenvalue weighted by atomic mass is 9.81. The quantitative estimate of drug-likeness (QED) is 0.137. The van der Waals surface area contributed by atoms with Crippen molar-refractivity contribution in [1.29, 1.82) is 0 Å². The van der Waals surface area contributed by atoms with E-state index >= 15 is 0 Å². The van der Waals surface area contributed by atoms with Crippen LogP contribution in [-0.2, 0) is 5.41 Å². The van der Waals surface area contributed by atoms with E-state index in [1.165, 1.54) is 11.1 Å². The van der Waals surface area contributed by atoms with Crippen LogP contribution < -0.4 is 16.8 Å². The summed E-state index contributed by atoms with van der Waals surface area (Å²) in [5.41, 5.74) is 18.6.